The van der Waals surface area contributed by atoms with E-state index >= 15 is 0 Å². The minimum absolute atomic E-state index is 0.168. The Morgan fingerprint density at radius 1 is 1.43 bits per heavy atom. The molecule has 1 saturated heterocycles. The number of hydrogen-bond acceptors (Lipinski definition) is 3. The van der Waals surface area contributed by atoms with Crippen LogP contribution in [0.1, 0.15) is 6.92 Å². The second kappa shape index (κ2) is 5.32. The van der Waals surface area contributed by atoms with Crippen molar-refractivity contribution in [2.45, 2.75) is 6.92 Å². The Morgan fingerprint density at radius 3 is 2.71 bits per heavy atom. The Morgan fingerprint density at radius 2 is 2.14 bits per heavy atom. The van der Waals surface area contributed by atoms with E-state index < -0.39 is 0 Å². The Labute approximate surface area is 85.8 Å². The van der Waals surface area contributed by atoms with E-state index in [1.54, 1.807) is 14.0 Å². The average molecular weight is 200 g/mol. The van der Waals surface area contributed by atoms with Crippen molar-refractivity contribution in [1.29, 1.82) is 0 Å². The maximum absolute atomic E-state index is 11.3. The van der Waals surface area contributed by atoms with Crippen LogP contribution in [0.2, 0.25) is 0 Å². The molecule has 0 aromatic heterocycles. The summed E-state index contributed by atoms with van der Waals surface area (Å²) < 4.78 is 5.15. The summed E-state index contributed by atoms with van der Waals surface area (Å²) >= 11 is 0. The number of amides is 1. The zero-order valence-corrected chi connectivity index (χ0v) is 9.32. The molecule has 1 unspecified atom stereocenters. The van der Waals surface area contributed by atoms with Gasteiger partial charge in [-0.2, -0.15) is 0 Å². The van der Waals surface area contributed by atoms with Gasteiger partial charge < -0.3 is 14.5 Å². The molecule has 0 aromatic rings. The maximum atomic E-state index is 11.3. The van der Waals surface area contributed by atoms with Crippen molar-refractivity contribution in [2.24, 2.45) is 5.92 Å². The van der Waals surface area contributed by atoms with Gasteiger partial charge in [0.05, 0.1) is 6.61 Å². The Kier molecular flexibility index (Phi) is 4.35. The molecule has 1 aliphatic rings. The van der Waals surface area contributed by atoms with Gasteiger partial charge in [0.1, 0.15) is 0 Å². The molecule has 82 valence electrons. The van der Waals surface area contributed by atoms with Gasteiger partial charge in [-0.3, -0.25) is 4.79 Å². The molecule has 0 bridgehead atoms. The Balaban J connectivity index is 2.54. The highest BCUT2D eigenvalue weighted by atomic mass is 16.5. The summed E-state index contributed by atoms with van der Waals surface area (Å²) in [6.07, 6.45) is 0. The molecule has 1 fully saturated rings. The average Bonchev–Trinajstić information content (AvgIpc) is 2.28. The highest BCUT2D eigenvalue weighted by Crippen LogP contribution is 2.08. The fraction of sp³-hybridized carbons (Fsp3) is 0.900. The number of likely N-dealkylation sites (N-methyl/N-ethyl adjacent to an activating group) is 1. The Hall–Kier alpha value is -0.610. The number of carbonyl (C=O) groups excluding carboxylic acids is 1. The molecule has 14 heavy (non-hydrogen) atoms. The van der Waals surface area contributed by atoms with Crippen LogP contribution < -0.4 is 0 Å². The van der Waals surface area contributed by atoms with Crippen molar-refractivity contribution in [3.8, 4) is 0 Å². The largest absolute Gasteiger partial charge is 0.384 e. The van der Waals surface area contributed by atoms with Crippen molar-refractivity contribution in [2.75, 3.05) is 46.9 Å². The second-order valence-electron chi connectivity index (χ2n) is 4.05. The first-order valence-electron chi connectivity index (χ1n) is 5.06. The highest BCUT2D eigenvalue weighted by molar-refractivity contribution is 5.73. The lowest BCUT2D eigenvalue weighted by atomic mass is 10.1. The lowest BCUT2D eigenvalue weighted by molar-refractivity contribution is -0.129. The van der Waals surface area contributed by atoms with Crippen LogP contribution in [0.4, 0.5) is 0 Å². The molecule has 4 heteroatoms. The second-order valence-corrected chi connectivity index (χ2v) is 4.05. The third kappa shape index (κ3) is 3.27. The van der Waals surface area contributed by atoms with Crippen LogP contribution in [0.3, 0.4) is 0 Å². The zero-order chi connectivity index (χ0) is 10.6. The summed E-state index contributed by atoms with van der Waals surface area (Å²) in [4.78, 5) is 15.4. The molecule has 1 aliphatic heterocycles. The molecular weight excluding hydrogens is 180 g/mol. The first kappa shape index (κ1) is 11.5. The molecule has 4 nitrogen and oxygen atoms in total. The summed E-state index contributed by atoms with van der Waals surface area (Å²) in [6.45, 7) is 6.00. The van der Waals surface area contributed by atoms with Crippen LogP contribution in [0.5, 0.6) is 0 Å². The number of ether oxygens (including phenoxy) is 1. The molecular formula is C10H20N2O2. The minimum Gasteiger partial charge on any atom is -0.384 e. The fourth-order valence-corrected chi connectivity index (χ4v) is 1.91. The molecule has 0 N–H and O–H groups in total. The van der Waals surface area contributed by atoms with E-state index in [2.05, 4.69) is 11.9 Å². The van der Waals surface area contributed by atoms with E-state index in [0.717, 1.165) is 32.8 Å². The number of methoxy groups -OCH3 is 1. The first-order chi connectivity index (χ1) is 6.63. The Bertz CT molecular complexity index is 197. The normalized spacial score (nSPS) is 24.8. The summed E-state index contributed by atoms with van der Waals surface area (Å²) in [5.74, 6) is 0.609. The molecule has 0 aromatic carbocycles. The molecule has 1 atom stereocenters. The van der Waals surface area contributed by atoms with Gasteiger partial charge >= 0.3 is 0 Å². The van der Waals surface area contributed by atoms with Gasteiger partial charge in [0.15, 0.2) is 0 Å². The van der Waals surface area contributed by atoms with E-state index in [1.165, 1.54) is 0 Å². The van der Waals surface area contributed by atoms with E-state index in [-0.39, 0.29) is 5.91 Å². The topological polar surface area (TPSA) is 32.8 Å². The third-order valence-corrected chi connectivity index (χ3v) is 2.65. The maximum Gasteiger partial charge on any atom is 0.219 e. The molecule has 0 aliphatic carbocycles. The molecule has 1 rings (SSSR count). The van der Waals surface area contributed by atoms with Crippen LogP contribution in [0.15, 0.2) is 0 Å². The van der Waals surface area contributed by atoms with Gasteiger partial charge in [0.25, 0.3) is 0 Å². The summed E-state index contributed by atoms with van der Waals surface area (Å²) in [5.41, 5.74) is 0. The SMILES string of the molecule is COCC1CN(C)CCN(C(C)=O)C1. The zero-order valence-electron chi connectivity index (χ0n) is 9.32. The first-order valence-corrected chi connectivity index (χ1v) is 5.06. The predicted octanol–water partition coefficient (Wildman–Crippen LogP) is 0.0429. The lowest BCUT2D eigenvalue weighted by Crippen LogP contribution is -2.35. The van der Waals surface area contributed by atoms with Crippen molar-refractivity contribution in [1.82, 2.24) is 9.80 Å². The molecule has 1 amide bonds. The van der Waals surface area contributed by atoms with Gasteiger partial charge in [-0.15, -0.1) is 0 Å². The van der Waals surface area contributed by atoms with Crippen molar-refractivity contribution < 1.29 is 9.53 Å². The van der Waals surface area contributed by atoms with Crippen LogP contribution in [0.25, 0.3) is 0 Å². The van der Waals surface area contributed by atoms with E-state index in [1.807, 2.05) is 4.90 Å². The summed E-state index contributed by atoms with van der Waals surface area (Å²) in [5, 5.41) is 0. The smallest absolute Gasteiger partial charge is 0.219 e. The number of carbonyl (C=O) groups is 1. The molecule has 0 spiro atoms. The number of hydrogen-bond donors (Lipinski definition) is 0. The predicted molar refractivity (Wildman–Crippen MR) is 55.1 cm³/mol. The highest BCUT2D eigenvalue weighted by Gasteiger charge is 2.21. The van der Waals surface area contributed by atoms with Gasteiger partial charge in [0, 0.05) is 46.1 Å². The van der Waals surface area contributed by atoms with Gasteiger partial charge in [-0.1, -0.05) is 0 Å². The van der Waals surface area contributed by atoms with E-state index in [0.29, 0.717) is 5.92 Å². The van der Waals surface area contributed by atoms with Crippen LogP contribution in [-0.2, 0) is 9.53 Å². The van der Waals surface area contributed by atoms with Crippen molar-refractivity contribution >= 4 is 5.91 Å². The lowest BCUT2D eigenvalue weighted by Gasteiger charge is -2.22. The van der Waals surface area contributed by atoms with Gasteiger partial charge in [-0.25, -0.2) is 0 Å². The minimum atomic E-state index is 0.168. The third-order valence-electron chi connectivity index (χ3n) is 2.65. The summed E-state index contributed by atoms with van der Waals surface area (Å²) in [7, 11) is 3.80. The van der Waals surface area contributed by atoms with E-state index in [9.17, 15) is 4.79 Å². The van der Waals surface area contributed by atoms with Crippen LogP contribution >= 0.6 is 0 Å². The van der Waals surface area contributed by atoms with Gasteiger partial charge in [-0.05, 0) is 7.05 Å². The van der Waals surface area contributed by atoms with E-state index in [4.69, 9.17) is 4.74 Å². The summed E-state index contributed by atoms with van der Waals surface area (Å²) in [6, 6.07) is 0. The quantitative estimate of drug-likeness (QED) is 0.631. The number of nitrogens with zero attached hydrogens (tertiary/aromatic N) is 2. The van der Waals surface area contributed by atoms with Crippen molar-refractivity contribution in [3.05, 3.63) is 0 Å². The molecule has 0 radical (unpaired) electrons. The van der Waals surface area contributed by atoms with Crippen molar-refractivity contribution in [3.63, 3.8) is 0 Å². The standard InChI is InChI=1S/C10H20N2O2/c1-9(13)12-5-4-11(2)6-10(7-12)8-14-3/h10H,4-8H2,1-3H3. The fourth-order valence-electron chi connectivity index (χ4n) is 1.91. The molecule has 1 heterocycles. The van der Waals surface area contributed by atoms with Gasteiger partial charge in [0.2, 0.25) is 5.91 Å². The van der Waals surface area contributed by atoms with Crippen LogP contribution in [0, 0.1) is 5.92 Å². The number of rotatable bonds is 2. The monoisotopic (exact) mass is 200 g/mol. The van der Waals surface area contributed by atoms with Crippen LogP contribution in [-0.4, -0.2) is 62.7 Å². The molecule has 0 saturated carbocycles.